The Morgan fingerprint density at radius 2 is 1.74 bits per heavy atom. The second kappa shape index (κ2) is 5.20. The molecule has 3 aliphatic rings. The molecule has 3 fully saturated rings. The second-order valence-electron chi connectivity index (χ2n) is 7.13. The average molecular weight is 264 g/mol. The zero-order valence-electron chi connectivity index (χ0n) is 12.4. The summed E-state index contributed by atoms with van der Waals surface area (Å²) in [5.41, 5.74) is 0.133. The number of Topliss-reactive ketones (excluding diaryl/α,β-unsaturated/α-hetero) is 1. The minimum absolute atomic E-state index is 0.0435. The van der Waals surface area contributed by atoms with Crippen LogP contribution in [0.2, 0.25) is 0 Å². The van der Waals surface area contributed by atoms with Crippen molar-refractivity contribution in [1.82, 2.24) is 0 Å². The molecule has 19 heavy (non-hydrogen) atoms. The Morgan fingerprint density at radius 1 is 1.11 bits per heavy atom. The largest absolute Gasteiger partial charge is 0.375 e. The predicted molar refractivity (Wildman–Crippen MR) is 76.1 cm³/mol. The van der Waals surface area contributed by atoms with Crippen molar-refractivity contribution < 1.29 is 9.53 Å². The van der Waals surface area contributed by atoms with Gasteiger partial charge < -0.3 is 4.74 Å². The fraction of sp³-hybridized carbons (Fsp3) is 0.941. The lowest BCUT2D eigenvalue weighted by atomic mass is 9.70. The number of rotatable bonds is 3. The minimum atomic E-state index is 0.0435. The molecule has 1 unspecified atom stereocenters. The molecule has 2 heteroatoms. The zero-order valence-corrected chi connectivity index (χ0v) is 12.4. The van der Waals surface area contributed by atoms with Crippen LogP contribution in [-0.2, 0) is 9.53 Å². The van der Waals surface area contributed by atoms with Crippen molar-refractivity contribution >= 4 is 5.78 Å². The van der Waals surface area contributed by atoms with Gasteiger partial charge in [0.2, 0.25) is 0 Å². The topological polar surface area (TPSA) is 26.3 Å². The molecular weight excluding hydrogens is 236 g/mol. The van der Waals surface area contributed by atoms with E-state index in [0.717, 1.165) is 38.7 Å². The summed E-state index contributed by atoms with van der Waals surface area (Å²) in [4.78, 5) is 13.0. The van der Waals surface area contributed by atoms with Gasteiger partial charge in [-0.2, -0.15) is 0 Å². The van der Waals surface area contributed by atoms with Crippen molar-refractivity contribution in [3.05, 3.63) is 0 Å². The number of carbonyl (C=O) groups is 1. The van der Waals surface area contributed by atoms with Crippen LogP contribution in [0.25, 0.3) is 0 Å². The molecule has 1 saturated heterocycles. The van der Waals surface area contributed by atoms with E-state index in [9.17, 15) is 4.79 Å². The molecule has 1 heterocycles. The van der Waals surface area contributed by atoms with Gasteiger partial charge in [0.25, 0.3) is 0 Å². The fourth-order valence-corrected chi connectivity index (χ4v) is 4.88. The average Bonchev–Trinajstić information content (AvgIpc) is 3.08. The molecule has 0 radical (unpaired) electrons. The highest BCUT2D eigenvalue weighted by Crippen LogP contribution is 2.48. The fourth-order valence-electron chi connectivity index (χ4n) is 4.88. The predicted octanol–water partition coefficient (Wildman–Crippen LogP) is 4.27. The Morgan fingerprint density at radius 3 is 2.37 bits per heavy atom. The second-order valence-corrected chi connectivity index (χ2v) is 7.13. The lowest BCUT2D eigenvalue weighted by Crippen LogP contribution is -2.43. The Hall–Kier alpha value is -0.370. The minimum Gasteiger partial charge on any atom is -0.375 e. The highest BCUT2D eigenvalue weighted by atomic mass is 16.5. The number of ether oxygens (including phenoxy) is 1. The SMILES string of the molecule is CCC1(C(=O)C2CCOC3(CCCC3)C2)CCCC1. The molecule has 0 amide bonds. The summed E-state index contributed by atoms with van der Waals surface area (Å²) in [6.07, 6.45) is 12.8. The summed E-state index contributed by atoms with van der Waals surface area (Å²) in [5.74, 6) is 0.895. The molecule has 1 atom stereocenters. The molecule has 2 aliphatic carbocycles. The van der Waals surface area contributed by atoms with Gasteiger partial charge in [-0.25, -0.2) is 0 Å². The van der Waals surface area contributed by atoms with E-state index in [2.05, 4.69) is 6.92 Å². The molecule has 108 valence electrons. The first-order valence-corrected chi connectivity index (χ1v) is 8.38. The maximum atomic E-state index is 13.0. The van der Waals surface area contributed by atoms with Crippen LogP contribution in [0.1, 0.15) is 77.6 Å². The van der Waals surface area contributed by atoms with Crippen LogP contribution in [0.4, 0.5) is 0 Å². The normalized spacial score (nSPS) is 32.8. The van der Waals surface area contributed by atoms with Crippen LogP contribution in [0.15, 0.2) is 0 Å². The molecule has 0 aromatic heterocycles. The van der Waals surface area contributed by atoms with Crippen molar-refractivity contribution in [1.29, 1.82) is 0 Å². The van der Waals surface area contributed by atoms with Gasteiger partial charge in [-0.05, 0) is 44.9 Å². The summed E-state index contributed by atoms with van der Waals surface area (Å²) >= 11 is 0. The first-order chi connectivity index (χ1) is 9.20. The third kappa shape index (κ3) is 2.37. The van der Waals surface area contributed by atoms with Crippen LogP contribution < -0.4 is 0 Å². The van der Waals surface area contributed by atoms with Gasteiger partial charge in [0.1, 0.15) is 5.78 Å². The van der Waals surface area contributed by atoms with Crippen LogP contribution in [-0.4, -0.2) is 18.0 Å². The summed E-state index contributed by atoms with van der Waals surface area (Å²) in [5, 5.41) is 0. The zero-order chi connectivity index (χ0) is 13.3. The first-order valence-electron chi connectivity index (χ1n) is 8.38. The number of hydrogen-bond donors (Lipinski definition) is 0. The summed E-state index contributed by atoms with van der Waals surface area (Å²) in [6.45, 7) is 3.03. The number of hydrogen-bond acceptors (Lipinski definition) is 2. The monoisotopic (exact) mass is 264 g/mol. The molecule has 1 aliphatic heterocycles. The molecule has 0 N–H and O–H groups in total. The van der Waals surface area contributed by atoms with Gasteiger partial charge in [-0.15, -0.1) is 0 Å². The summed E-state index contributed by atoms with van der Waals surface area (Å²) < 4.78 is 6.08. The third-order valence-corrected chi connectivity index (χ3v) is 6.14. The van der Waals surface area contributed by atoms with E-state index < -0.39 is 0 Å². The molecule has 2 nitrogen and oxygen atoms in total. The van der Waals surface area contributed by atoms with Gasteiger partial charge in [-0.3, -0.25) is 4.79 Å². The van der Waals surface area contributed by atoms with Crippen LogP contribution >= 0.6 is 0 Å². The summed E-state index contributed by atoms with van der Waals surface area (Å²) in [6, 6.07) is 0. The van der Waals surface area contributed by atoms with E-state index >= 15 is 0 Å². The highest BCUT2D eigenvalue weighted by Gasteiger charge is 2.47. The van der Waals surface area contributed by atoms with Gasteiger partial charge >= 0.3 is 0 Å². The van der Waals surface area contributed by atoms with E-state index in [1.54, 1.807) is 0 Å². The third-order valence-electron chi connectivity index (χ3n) is 6.14. The van der Waals surface area contributed by atoms with Crippen molar-refractivity contribution in [3.63, 3.8) is 0 Å². The van der Waals surface area contributed by atoms with Crippen LogP contribution in [0.3, 0.4) is 0 Å². The quantitative estimate of drug-likeness (QED) is 0.761. The molecular formula is C17H28O2. The van der Waals surface area contributed by atoms with Crippen molar-refractivity contribution in [2.45, 2.75) is 83.2 Å². The van der Waals surface area contributed by atoms with E-state index in [4.69, 9.17) is 4.74 Å². The molecule has 0 aromatic carbocycles. The Labute approximate surface area is 117 Å². The maximum Gasteiger partial charge on any atom is 0.142 e. The lowest BCUT2D eigenvalue weighted by Gasteiger charge is -2.40. The van der Waals surface area contributed by atoms with Crippen molar-refractivity contribution in [2.24, 2.45) is 11.3 Å². The molecule has 1 spiro atoms. The van der Waals surface area contributed by atoms with E-state index in [1.807, 2.05) is 0 Å². The van der Waals surface area contributed by atoms with Gasteiger partial charge in [0.15, 0.2) is 0 Å². The molecule has 0 aromatic rings. The van der Waals surface area contributed by atoms with Crippen LogP contribution in [0.5, 0.6) is 0 Å². The molecule has 0 bridgehead atoms. The van der Waals surface area contributed by atoms with Crippen molar-refractivity contribution in [3.8, 4) is 0 Å². The molecule has 2 saturated carbocycles. The summed E-state index contributed by atoms with van der Waals surface area (Å²) in [7, 11) is 0. The smallest absolute Gasteiger partial charge is 0.142 e. The first kappa shape index (κ1) is 13.6. The Balaban J connectivity index is 1.72. The Bertz CT molecular complexity index is 335. The maximum absolute atomic E-state index is 13.0. The molecule has 3 rings (SSSR count). The standard InChI is InChI=1S/C17H28O2/c1-2-16(8-3-4-9-16)15(18)14-7-12-19-17(13-14)10-5-6-11-17/h14H,2-13H2,1H3. The van der Waals surface area contributed by atoms with Gasteiger partial charge in [0.05, 0.1) is 5.60 Å². The number of ketones is 1. The highest BCUT2D eigenvalue weighted by molar-refractivity contribution is 5.87. The van der Waals surface area contributed by atoms with E-state index in [0.29, 0.717) is 11.7 Å². The van der Waals surface area contributed by atoms with E-state index in [1.165, 1.54) is 38.5 Å². The van der Waals surface area contributed by atoms with Gasteiger partial charge in [-0.1, -0.05) is 32.6 Å². The van der Waals surface area contributed by atoms with Crippen molar-refractivity contribution in [2.75, 3.05) is 6.61 Å². The van der Waals surface area contributed by atoms with Crippen LogP contribution in [0, 0.1) is 11.3 Å². The van der Waals surface area contributed by atoms with E-state index in [-0.39, 0.29) is 11.0 Å². The Kier molecular flexibility index (Phi) is 3.72. The van der Waals surface area contributed by atoms with Gasteiger partial charge in [0, 0.05) is 17.9 Å². The number of carbonyl (C=O) groups excluding carboxylic acids is 1. The lowest BCUT2D eigenvalue weighted by molar-refractivity contribution is -0.145.